The van der Waals surface area contributed by atoms with E-state index in [1.165, 1.54) is 6.33 Å². The van der Waals surface area contributed by atoms with Crippen LogP contribution in [0.4, 0.5) is 5.82 Å². The van der Waals surface area contributed by atoms with E-state index in [-0.39, 0.29) is 0 Å². The van der Waals surface area contributed by atoms with Gasteiger partial charge in [-0.05, 0) is 6.42 Å². The van der Waals surface area contributed by atoms with Gasteiger partial charge in [0.1, 0.15) is 23.6 Å². The summed E-state index contributed by atoms with van der Waals surface area (Å²) in [6.07, 6.45) is 3.87. The second-order valence-electron chi connectivity index (χ2n) is 3.53. The molecule has 0 aliphatic carbocycles. The Labute approximate surface area is 104 Å². The fourth-order valence-electron chi connectivity index (χ4n) is 1.48. The van der Waals surface area contributed by atoms with Crippen LogP contribution in [0.3, 0.4) is 0 Å². The minimum atomic E-state index is 0.485. The molecular formula is C10H13ClN6. The maximum absolute atomic E-state index is 5.99. The van der Waals surface area contributed by atoms with Gasteiger partial charge in [0, 0.05) is 12.6 Å². The van der Waals surface area contributed by atoms with E-state index in [1.807, 2.05) is 14.0 Å². The minimum absolute atomic E-state index is 0.485. The molecule has 2 rings (SSSR count). The summed E-state index contributed by atoms with van der Waals surface area (Å²) in [5.74, 6) is 1.45. The van der Waals surface area contributed by atoms with Crippen molar-refractivity contribution in [1.29, 1.82) is 0 Å². The third kappa shape index (κ3) is 2.71. The molecule has 0 spiro atoms. The second kappa shape index (κ2) is 5.09. The van der Waals surface area contributed by atoms with Gasteiger partial charge in [-0.3, -0.25) is 4.68 Å². The molecule has 2 aromatic rings. The first-order valence-electron chi connectivity index (χ1n) is 5.28. The predicted molar refractivity (Wildman–Crippen MR) is 64.7 cm³/mol. The Morgan fingerprint density at radius 3 is 2.82 bits per heavy atom. The molecule has 1 N–H and O–H groups in total. The van der Waals surface area contributed by atoms with E-state index in [1.54, 1.807) is 11.0 Å². The predicted octanol–water partition coefficient (Wildman–Crippen LogP) is 1.43. The average molecular weight is 253 g/mol. The van der Waals surface area contributed by atoms with Crippen molar-refractivity contribution in [3.05, 3.63) is 29.2 Å². The van der Waals surface area contributed by atoms with Gasteiger partial charge in [-0.1, -0.05) is 18.5 Å². The first kappa shape index (κ1) is 11.8. The number of anilines is 1. The third-order valence-corrected chi connectivity index (χ3v) is 2.63. The smallest absolute Gasteiger partial charge is 0.169 e. The standard InChI is InChI=1S/C10H13ClN6/c1-3-7-9(11)13-5-14-10(7)12-4-8-15-6-17(2)16-8/h5-6H,3-4H2,1-2H3,(H,12,13,14). The third-order valence-electron chi connectivity index (χ3n) is 2.31. The maximum Gasteiger partial charge on any atom is 0.169 e. The Hall–Kier alpha value is -1.69. The molecule has 0 aliphatic heterocycles. The van der Waals surface area contributed by atoms with Crippen LogP contribution in [-0.4, -0.2) is 24.7 Å². The highest BCUT2D eigenvalue weighted by Crippen LogP contribution is 2.20. The highest BCUT2D eigenvalue weighted by Gasteiger charge is 2.08. The minimum Gasteiger partial charge on any atom is -0.362 e. The van der Waals surface area contributed by atoms with Crippen LogP contribution in [0.15, 0.2) is 12.7 Å². The summed E-state index contributed by atoms with van der Waals surface area (Å²) in [6.45, 7) is 2.52. The summed E-state index contributed by atoms with van der Waals surface area (Å²) in [4.78, 5) is 12.2. The van der Waals surface area contributed by atoms with Crippen LogP contribution < -0.4 is 5.32 Å². The van der Waals surface area contributed by atoms with Crippen molar-refractivity contribution in [2.24, 2.45) is 7.05 Å². The van der Waals surface area contributed by atoms with E-state index in [2.05, 4.69) is 25.4 Å². The number of hydrogen-bond donors (Lipinski definition) is 1. The normalized spacial score (nSPS) is 10.5. The summed E-state index contributed by atoms with van der Waals surface area (Å²) < 4.78 is 1.66. The first-order chi connectivity index (χ1) is 8.20. The van der Waals surface area contributed by atoms with Gasteiger partial charge in [-0.25, -0.2) is 15.0 Å². The van der Waals surface area contributed by atoms with Gasteiger partial charge >= 0.3 is 0 Å². The molecule has 2 heterocycles. The van der Waals surface area contributed by atoms with Gasteiger partial charge < -0.3 is 5.32 Å². The van der Waals surface area contributed by atoms with Crippen LogP contribution in [0.5, 0.6) is 0 Å². The van der Waals surface area contributed by atoms with Gasteiger partial charge in [-0.2, -0.15) is 5.10 Å². The molecule has 7 heteroatoms. The average Bonchev–Trinajstić information content (AvgIpc) is 2.72. The van der Waals surface area contributed by atoms with Crippen molar-refractivity contribution >= 4 is 17.4 Å². The van der Waals surface area contributed by atoms with Gasteiger partial charge in [0.15, 0.2) is 5.82 Å². The molecule has 0 saturated heterocycles. The number of aryl methyl sites for hydroxylation is 1. The molecule has 2 aromatic heterocycles. The van der Waals surface area contributed by atoms with Gasteiger partial charge in [-0.15, -0.1) is 0 Å². The summed E-state index contributed by atoms with van der Waals surface area (Å²) in [5, 5.41) is 7.82. The van der Waals surface area contributed by atoms with Crippen molar-refractivity contribution in [2.75, 3.05) is 5.32 Å². The molecule has 0 aromatic carbocycles. The van der Waals surface area contributed by atoms with E-state index in [0.717, 1.165) is 17.8 Å². The Morgan fingerprint density at radius 1 is 1.35 bits per heavy atom. The van der Waals surface area contributed by atoms with Gasteiger partial charge in [0.05, 0.1) is 6.54 Å². The Morgan fingerprint density at radius 2 is 2.18 bits per heavy atom. The molecule has 0 radical (unpaired) electrons. The maximum atomic E-state index is 5.99. The van der Waals surface area contributed by atoms with E-state index in [0.29, 0.717) is 17.5 Å². The molecule has 0 atom stereocenters. The van der Waals surface area contributed by atoms with Crippen molar-refractivity contribution in [1.82, 2.24) is 24.7 Å². The van der Waals surface area contributed by atoms with Crippen LogP contribution in [0.25, 0.3) is 0 Å². The Balaban J connectivity index is 2.11. The van der Waals surface area contributed by atoms with E-state index < -0.39 is 0 Å². The van der Waals surface area contributed by atoms with Crippen LogP contribution in [0, 0.1) is 0 Å². The van der Waals surface area contributed by atoms with E-state index in [4.69, 9.17) is 11.6 Å². The Kier molecular flexibility index (Phi) is 3.53. The molecule has 0 aliphatic rings. The zero-order chi connectivity index (χ0) is 12.3. The van der Waals surface area contributed by atoms with Crippen molar-refractivity contribution in [3.63, 3.8) is 0 Å². The lowest BCUT2D eigenvalue weighted by atomic mass is 10.2. The Bertz CT molecular complexity index is 509. The molecule has 6 nitrogen and oxygen atoms in total. The van der Waals surface area contributed by atoms with Crippen LogP contribution in [-0.2, 0) is 20.0 Å². The van der Waals surface area contributed by atoms with Crippen molar-refractivity contribution < 1.29 is 0 Å². The quantitative estimate of drug-likeness (QED) is 0.834. The highest BCUT2D eigenvalue weighted by molar-refractivity contribution is 6.30. The highest BCUT2D eigenvalue weighted by atomic mass is 35.5. The van der Waals surface area contributed by atoms with Crippen molar-refractivity contribution in [2.45, 2.75) is 19.9 Å². The molecule has 0 saturated carbocycles. The lowest BCUT2D eigenvalue weighted by molar-refractivity contribution is 0.746. The first-order valence-corrected chi connectivity index (χ1v) is 5.66. The molecular weight excluding hydrogens is 240 g/mol. The number of halogens is 1. The zero-order valence-corrected chi connectivity index (χ0v) is 10.4. The second-order valence-corrected chi connectivity index (χ2v) is 3.89. The number of rotatable bonds is 4. The lowest BCUT2D eigenvalue weighted by Crippen LogP contribution is -2.07. The van der Waals surface area contributed by atoms with Crippen LogP contribution in [0.2, 0.25) is 5.15 Å². The molecule has 0 fully saturated rings. The number of nitrogens with one attached hydrogen (secondary N) is 1. The van der Waals surface area contributed by atoms with Gasteiger partial charge in [0.25, 0.3) is 0 Å². The summed E-state index contributed by atoms with van der Waals surface area (Å²) in [5.41, 5.74) is 0.907. The molecule has 17 heavy (non-hydrogen) atoms. The fourth-order valence-corrected chi connectivity index (χ4v) is 1.75. The van der Waals surface area contributed by atoms with Crippen LogP contribution >= 0.6 is 11.6 Å². The van der Waals surface area contributed by atoms with E-state index in [9.17, 15) is 0 Å². The summed E-state index contributed by atoms with van der Waals surface area (Å²) in [7, 11) is 1.83. The van der Waals surface area contributed by atoms with E-state index >= 15 is 0 Å². The summed E-state index contributed by atoms with van der Waals surface area (Å²) >= 11 is 5.99. The molecule has 0 bridgehead atoms. The fraction of sp³-hybridized carbons (Fsp3) is 0.400. The largest absolute Gasteiger partial charge is 0.362 e. The zero-order valence-electron chi connectivity index (χ0n) is 9.68. The lowest BCUT2D eigenvalue weighted by Gasteiger charge is -2.08. The van der Waals surface area contributed by atoms with Gasteiger partial charge in [0.2, 0.25) is 0 Å². The monoisotopic (exact) mass is 252 g/mol. The number of hydrogen-bond acceptors (Lipinski definition) is 5. The SMILES string of the molecule is CCc1c(Cl)ncnc1NCc1ncn(C)n1. The topological polar surface area (TPSA) is 68.5 Å². The molecule has 0 unspecified atom stereocenters. The number of aromatic nitrogens is 5. The molecule has 90 valence electrons. The molecule has 0 amide bonds. The summed E-state index contributed by atoms with van der Waals surface area (Å²) in [6, 6.07) is 0. The van der Waals surface area contributed by atoms with Crippen molar-refractivity contribution in [3.8, 4) is 0 Å². The van der Waals surface area contributed by atoms with Crippen LogP contribution in [0.1, 0.15) is 18.3 Å². The number of nitrogens with zero attached hydrogens (tertiary/aromatic N) is 5.